The lowest BCUT2D eigenvalue weighted by Gasteiger charge is -2.27. The van der Waals surface area contributed by atoms with Gasteiger partial charge in [-0.05, 0) is 6.08 Å². The summed E-state index contributed by atoms with van der Waals surface area (Å²) in [7, 11) is 0. The van der Waals surface area contributed by atoms with E-state index in [0.717, 1.165) is 0 Å². The Balaban J connectivity index is 2.64. The Morgan fingerprint density at radius 1 is 1.64 bits per heavy atom. The van der Waals surface area contributed by atoms with Gasteiger partial charge in [0.2, 0.25) is 5.91 Å². The quantitative estimate of drug-likeness (QED) is 0.431. The number of carboxylic acid groups (broad SMARTS) is 1. The molecule has 6 nitrogen and oxygen atoms in total. The van der Waals surface area contributed by atoms with E-state index < -0.39 is 18.2 Å². The van der Waals surface area contributed by atoms with Gasteiger partial charge in [0.1, 0.15) is 12.3 Å². The van der Waals surface area contributed by atoms with Gasteiger partial charge in [0.05, 0.1) is 0 Å². The van der Waals surface area contributed by atoms with Crippen molar-refractivity contribution in [1.29, 1.82) is 0 Å². The van der Waals surface area contributed by atoms with Crippen LogP contribution >= 0.6 is 0 Å². The fourth-order valence-electron chi connectivity index (χ4n) is 1.20. The molecule has 1 heterocycles. The number of hydrogen-bond acceptors (Lipinski definition) is 4. The maximum Gasteiger partial charge on any atom is 0.332 e. The summed E-state index contributed by atoms with van der Waals surface area (Å²) >= 11 is 0. The van der Waals surface area contributed by atoms with E-state index in [9.17, 15) is 14.7 Å². The predicted molar refractivity (Wildman–Crippen MR) is 47.3 cm³/mol. The second-order valence-corrected chi connectivity index (χ2v) is 3.05. The smallest absolute Gasteiger partial charge is 0.332 e. The molecule has 2 atom stereocenters. The monoisotopic (exact) mass is 200 g/mol. The lowest BCUT2D eigenvalue weighted by molar-refractivity contribution is -0.132. The van der Waals surface area contributed by atoms with Crippen molar-refractivity contribution in [1.82, 2.24) is 10.6 Å². The second kappa shape index (κ2) is 4.21. The molecule has 1 rings (SSSR count). The van der Waals surface area contributed by atoms with Gasteiger partial charge < -0.3 is 15.5 Å². The van der Waals surface area contributed by atoms with Gasteiger partial charge in [0.15, 0.2) is 0 Å². The molecule has 0 aliphatic carbocycles. The van der Waals surface area contributed by atoms with Gasteiger partial charge in [-0.3, -0.25) is 10.1 Å². The summed E-state index contributed by atoms with van der Waals surface area (Å²) in [5, 5.41) is 23.2. The van der Waals surface area contributed by atoms with Crippen LogP contribution in [0.3, 0.4) is 0 Å². The van der Waals surface area contributed by atoms with Crippen LogP contribution in [-0.2, 0) is 9.59 Å². The number of carbonyl (C=O) groups excluding carboxylic acids is 1. The largest absolute Gasteiger partial charge is 0.478 e. The van der Waals surface area contributed by atoms with Crippen molar-refractivity contribution in [3.8, 4) is 0 Å². The summed E-state index contributed by atoms with van der Waals surface area (Å²) in [6.45, 7) is 1.45. The number of hydrogen-bond donors (Lipinski definition) is 4. The molecule has 0 aromatic rings. The highest BCUT2D eigenvalue weighted by Gasteiger charge is 2.25. The molecule has 0 aromatic heterocycles. The number of nitrogens with one attached hydrogen (secondary N) is 2. The molecule has 14 heavy (non-hydrogen) atoms. The Hall–Kier alpha value is -1.40. The van der Waals surface area contributed by atoms with Crippen molar-refractivity contribution < 1.29 is 19.8 Å². The molecule has 1 aliphatic rings. The van der Waals surface area contributed by atoms with Gasteiger partial charge >= 0.3 is 5.97 Å². The van der Waals surface area contributed by atoms with Crippen LogP contribution in [0.4, 0.5) is 0 Å². The van der Waals surface area contributed by atoms with Crippen LogP contribution in [0.2, 0.25) is 0 Å². The van der Waals surface area contributed by atoms with Crippen LogP contribution in [0, 0.1) is 0 Å². The molecule has 1 aliphatic heterocycles. The molecule has 0 saturated carbocycles. The summed E-state index contributed by atoms with van der Waals surface area (Å²) < 4.78 is 0. The Morgan fingerprint density at radius 3 is 2.71 bits per heavy atom. The maximum absolute atomic E-state index is 10.7. The lowest BCUT2D eigenvalue weighted by Crippen LogP contribution is -2.54. The summed E-state index contributed by atoms with van der Waals surface area (Å²) in [6.07, 6.45) is -0.409. The highest BCUT2D eigenvalue weighted by Crippen LogP contribution is 2.06. The van der Waals surface area contributed by atoms with Crippen molar-refractivity contribution in [3.05, 3.63) is 11.6 Å². The lowest BCUT2D eigenvalue weighted by atomic mass is 10.1. The average molecular weight is 200 g/mol. The Bertz CT molecular complexity index is 287. The molecule has 0 radical (unpaired) electrons. The minimum Gasteiger partial charge on any atom is -0.478 e. The molecule has 0 saturated heterocycles. The molecule has 0 fully saturated rings. The zero-order valence-electron chi connectivity index (χ0n) is 7.65. The average Bonchev–Trinajstić information content (AvgIpc) is 2.07. The zero-order chi connectivity index (χ0) is 10.7. The van der Waals surface area contributed by atoms with E-state index in [2.05, 4.69) is 10.6 Å². The fourth-order valence-corrected chi connectivity index (χ4v) is 1.20. The molecule has 0 aromatic carbocycles. The molecule has 0 spiro atoms. The van der Waals surface area contributed by atoms with E-state index >= 15 is 0 Å². The minimum absolute atomic E-state index is 0.0964. The van der Waals surface area contributed by atoms with Crippen LogP contribution in [-0.4, -0.2) is 40.9 Å². The summed E-state index contributed by atoms with van der Waals surface area (Å²) in [6, 6.07) is 0. The number of rotatable bonds is 2. The summed E-state index contributed by atoms with van der Waals surface area (Å²) in [4.78, 5) is 21.2. The third kappa shape index (κ3) is 2.54. The summed E-state index contributed by atoms with van der Waals surface area (Å²) in [5.74, 6) is -1.36. The molecular weight excluding hydrogens is 188 g/mol. The second-order valence-electron chi connectivity index (χ2n) is 3.05. The molecule has 4 N–H and O–H groups in total. The normalized spacial score (nSPS) is 26.6. The van der Waals surface area contributed by atoms with E-state index in [1.807, 2.05) is 0 Å². The topological polar surface area (TPSA) is 98.7 Å². The van der Waals surface area contributed by atoms with Gasteiger partial charge in [-0.15, -0.1) is 0 Å². The third-order valence-corrected chi connectivity index (χ3v) is 1.86. The number of carbonyl (C=O) groups is 2. The highest BCUT2D eigenvalue weighted by molar-refractivity contribution is 5.87. The van der Waals surface area contributed by atoms with Crippen LogP contribution in [0.5, 0.6) is 0 Å². The number of aliphatic hydroxyl groups excluding tert-OH is 1. The van der Waals surface area contributed by atoms with Crippen molar-refractivity contribution in [2.75, 3.05) is 6.54 Å². The van der Waals surface area contributed by atoms with Crippen LogP contribution in [0.1, 0.15) is 6.92 Å². The van der Waals surface area contributed by atoms with Crippen LogP contribution in [0.25, 0.3) is 0 Å². The Morgan fingerprint density at radius 2 is 2.29 bits per heavy atom. The van der Waals surface area contributed by atoms with Crippen molar-refractivity contribution >= 4 is 11.9 Å². The number of amides is 1. The first-order valence-corrected chi connectivity index (χ1v) is 4.13. The SMILES string of the molecule is CC(=O)N[C@H]1NCC(C(=O)O)=C[C@@H]1O. The zero-order valence-corrected chi connectivity index (χ0v) is 7.65. The first-order valence-electron chi connectivity index (χ1n) is 4.13. The van der Waals surface area contributed by atoms with Gasteiger partial charge in [-0.2, -0.15) is 0 Å². The van der Waals surface area contributed by atoms with Gasteiger partial charge in [-0.25, -0.2) is 4.79 Å². The van der Waals surface area contributed by atoms with E-state index in [-0.39, 0.29) is 18.0 Å². The number of carboxylic acids is 1. The third-order valence-electron chi connectivity index (χ3n) is 1.86. The van der Waals surface area contributed by atoms with E-state index in [1.165, 1.54) is 13.0 Å². The number of aliphatic carboxylic acids is 1. The molecular formula is C8H12N2O4. The van der Waals surface area contributed by atoms with Crippen LogP contribution < -0.4 is 10.6 Å². The predicted octanol–water partition coefficient (Wildman–Crippen LogP) is -1.58. The minimum atomic E-state index is -1.07. The summed E-state index contributed by atoms with van der Waals surface area (Å²) in [5.41, 5.74) is 0.0964. The highest BCUT2D eigenvalue weighted by atomic mass is 16.4. The van der Waals surface area contributed by atoms with Gasteiger partial charge in [0.25, 0.3) is 0 Å². The van der Waals surface area contributed by atoms with Gasteiger partial charge in [0, 0.05) is 19.0 Å². The maximum atomic E-state index is 10.7. The Kier molecular flexibility index (Phi) is 3.21. The molecule has 0 unspecified atom stereocenters. The van der Waals surface area contributed by atoms with E-state index in [0.29, 0.717) is 0 Å². The first kappa shape index (κ1) is 10.7. The van der Waals surface area contributed by atoms with Crippen molar-refractivity contribution in [3.63, 3.8) is 0 Å². The van der Waals surface area contributed by atoms with Gasteiger partial charge in [-0.1, -0.05) is 0 Å². The molecule has 0 bridgehead atoms. The Labute approximate surface area is 80.6 Å². The fraction of sp³-hybridized carbons (Fsp3) is 0.500. The number of aliphatic hydroxyl groups is 1. The van der Waals surface area contributed by atoms with E-state index in [4.69, 9.17) is 5.11 Å². The van der Waals surface area contributed by atoms with Crippen molar-refractivity contribution in [2.24, 2.45) is 0 Å². The standard InChI is InChI=1S/C8H12N2O4/c1-4(11)10-7-6(12)2-5(3-9-7)8(13)14/h2,6-7,9,12H,3H2,1H3,(H,10,11)(H,13,14)/t6-,7+/m0/s1. The van der Waals surface area contributed by atoms with E-state index in [1.54, 1.807) is 0 Å². The first-order chi connectivity index (χ1) is 6.50. The molecule has 6 heteroatoms. The molecule has 1 amide bonds. The molecule has 78 valence electrons. The van der Waals surface area contributed by atoms with Crippen molar-refractivity contribution in [2.45, 2.75) is 19.2 Å². The van der Waals surface area contributed by atoms with Crippen LogP contribution in [0.15, 0.2) is 11.6 Å².